The van der Waals surface area contributed by atoms with Crippen molar-refractivity contribution >= 4 is 37.5 Å². The molecule has 7 heteroatoms. The Morgan fingerprint density at radius 2 is 1.92 bits per heavy atom. The van der Waals surface area contributed by atoms with Crippen LogP contribution >= 0.6 is 27.3 Å². The Kier molecular flexibility index (Phi) is 4.75. The molecule has 0 fully saturated rings. The minimum absolute atomic E-state index is 0.0380. The van der Waals surface area contributed by atoms with Crippen molar-refractivity contribution in [3.63, 3.8) is 0 Å². The summed E-state index contributed by atoms with van der Waals surface area (Å²) in [5.74, 6) is 1.29. The summed E-state index contributed by atoms with van der Waals surface area (Å²) < 4.78 is 13.3. The van der Waals surface area contributed by atoms with Gasteiger partial charge in [-0.25, -0.2) is 4.98 Å². The molecule has 0 aliphatic heterocycles. The quantitative estimate of drug-likeness (QED) is 0.618. The Balaban J connectivity index is 1.79. The molecule has 0 bridgehead atoms. The molecule has 2 aromatic heterocycles. The molecule has 0 atom stereocenters. The predicted molar refractivity (Wildman–Crippen MR) is 107 cm³/mol. The van der Waals surface area contributed by atoms with Gasteiger partial charge < -0.3 is 9.47 Å². The first-order chi connectivity index (χ1) is 12.6. The van der Waals surface area contributed by atoms with Crippen LogP contribution in [-0.2, 0) is 19.4 Å². The number of hydrogen-bond acceptors (Lipinski definition) is 5. The van der Waals surface area contributed by atoms with Gasteiger partial charge in [-0.3, -0.25) is 9.36 Å². The Hall–Kier alpha value is -1.86. The van der Waals surface area contributed by atoms with Crippen LogP contribution in [0.25, 0.3) is 10.2 Å². The number of hydrogen-bond donors (Lipinski definition) is 0. The first kappa shape index (κ1) is 17.5. The number of fused-ring (bicyclic) bond motifs is 3. The van der Waals surface area contributed by atoms with E-state index in [0.29, 0.717) is 18.0 Å². The molecule has 0 saturated heterocycles. The number of aryl methyl sites for hydroxylation is 2. The second-order valence-corrected chi connectivity index (χ2v) is 8.31. The highest BCUT2D eigenvalue weighted by Crippen LogP contribution is 2.35. The van der Waals surface area contributed by atoms with Crippen molar-refractivity contribution in [1.29, 1.82) is 0 Å². The molecule has 0 N–H and O–H groups in total. The third kappa shape index (κ3) is 2.93. The highest BCUT2D eigenvalue weighted by atomic mass is 79.9. The van der Waals surface area contributed by atoms with Crippen LogP contribution < -0.4 is 15.0 Å². The Morgan fingerprint density at radius 1 is 1.19 bits per heavy atom. The second kappa shape index (κ2) is 7.04. The summed E-state index contributed by atoms with van der Waals surface area (Å²) in [7, 11) is 3.21. The lowest BCUT2D eigenvalue weighted by Crippen LogP contribution is -2.22. The van der Waals surface area contributed by atoms with Gasteiger partial charge in [0.2, 0.25) is 0 Å². The average molecular weight is 435 g/mol. The van der Waals surface area contributed by atoms with Crippen LogP contribution in [0.5, 0.6) is 11.5 Å². The van der Waals surface area contributed by atoms with Gasteiger partial charge in [0.25, 0.3) is 5.56 Å². The topological polar surface area (TPSA) is 53.4 Å². The van der Waals surface area contributed by atoms with Gasteiger partial charge in [-0.2, -0.15) is 0 Å². The zero-order valence-electron chi connectivity index (χ0n) is 14.7. The fraction of sp³-hybridized carbons (Fsp3) is 0.368. The normalized spacial score (nSPS) is 13.7. The largest absolute Gasteiger partial charge is 0.493 e. The molecule has 3 aromatic rings. The van der Waals surface area contributed by atoms with E-state index < -0.39 is 0 Å². The zero-order valence-corrected chi connectivity index (χ0v) is 17.1. The molecule has 0 spiro atoms. The number of nitrogens with zero attached hydrogens (tertiary/aromatic N) is 2. The summed E-state index contributed by atoms with van der Waals surface area (Å²) in [6.07, 6.45) is 6.05. The minimum Gasteiger partial charge on any atom is -0.493 e. The molecule has 4 rings (SSSR count). The van der Waals surface area contributed by atoms with Gasteiger partial charge in [0.05, 0.1) is 32.5 Å². The van der Waals surface area contributed by atoms with E-state index in [-0.39, 0.29) is 5.56 Å². The standard InChI is InChI=1S/C19H19BrN2O3S/c1-24-14-7-11(13(20)8-15(14)25-2)9-22-10-21-18-17(19(22)23)12-5-3-4-6-16(12)26-18/h7-8,10H,3-6,9H2,1-2H3. The zero-order chi connectivity index (χ0) is 18.3. The molecule has 1 aliphatic rings. The maximum atomic E-state index is 13.1. The van der Waals surface area contributed by atoms with Crippen LogP contribution in [0.3, 0.4) is 0 Å². The van der Waals surface area contributed by atoms with Gasteiger partial charge in [0, 0.05) is 9.35 Å². The van der Waals surface area contributed by atoms with Crippen LogP contribution in [0.4, 0.5) is 0 Å². The van der Waals surface area contributed by atoms with E-state index in [4.69, 9.17) is 9.47 Å². The first-order valence-corrected chi connectivity index (χ1v) is 10.1. The van der Waals surface area contributed by atoms with Crippen molar-refractivity contribution in [2.24, 2.45) is 0 Å². The van der Waals surface area contributed by atoms with E-state index in [2.05, 4.69) is 20.9 Å². The third-order valence-electron chi connectivity index (χ3n) is 4.84. The van der Waals surface area contributed by atoms with Crippen LogP contribution in [0, 0.1) is 0 Å². The fourth-order valence-electron chi connectivity index (χ4n) is 3.49. The molecule has 0 saturated carbocycles. The highest BCUT2D eigenvalue weighted by molar-refractivity contribution is 9.10. The van der Waals surface area contributed by atoms with E-state index in [1.807, 2.05) is 12.1 Å². The number of thiophene rings is 1. The number of benzene rings is 1. The van der Waals surface area contributed by atoms with Crippen LogP contribution in [-0.4, -0.2) is 23.8 Å². The number of ether oxygens (including phenoxy) is 2. The lowest BCUT2D eigenvalue weighted by Gasteiger charge is -2.13. The summed E-state index contributed by atoms with van der Waals surface area (Å²) in [6.45, 7) is 0.424. The second-order valence-electron chi connectivity index (χ2n) is 6.37. The van der Waals surface area contributed by atoms with E-state index in [1.165, 1.54) is 16.9 Å². The Labute approximate surface area is 163 Å². The van der Waals surface area contributed by atoms with E-state index in [0.717, 1.165) is 39.5 Å². The van der Waals surface area contributed by atoms with Gasteiger partial charge in [-0.15, -0.1) is 11.3 Å². The van der Waals surface area contributed by atoms with Crippen molar-refractivity contribution in [1.82, 2.24) is 9.55 Å². The number of halogens is 1. The van der Waals surface area contributed by atoms with Crippen molar-refractivity contribution in [2.45, 2.75) is 32.2 Å². The molecule has 2 heterocycles. The summed E-state index contributed by atoms with van der Waals surface area (Å²) in [6, 6.07) is 3.75. The predicted octanol–water partition coefficient (Wildman–Crippen LogP) is 4.16. The Bertz CT molecular complexity index is 1040. The van der Waals surface area contributed by atoms with E-state index in [9.17, 15) is 4.79 Å². The maximum Gasteiger partial charge on any atom is 0.262 e. The molecular weight excluding hydrogens is 416 g/mol. The number of aromatic nitrogens is 2. The van der Waals surface area contributed by atoms with Gasteiger partial charge in [0.1, 0.15) is 4.83 Å². The molecule has 1 aromatic carbocycles. The van der Waals surface area contributed by atoms with Gasteiger partial charge >= 0.3 is 0 Å². The van der Waals surface area contributed by atoms with Crippen molar-refractivity contribution in [3.05, 3.63) is 49.3 Å². The molecule has 5 nitrogen and oxygen atoms in total. The molecule has 0 amide bonds. The minimum atomic E-state index is 0.0380. The van der Waals surface area contributed by atoms with Crippen molar-refractivity contribution < 1.29 is 9.47 Å². The number of rotatable bonds is 4. The lowest BCUT2D eigenvalue weighted by molar-refractivity contribution is 0.354. The smallest absolute Gasteiger partial charge is 0.262 e. The van der Waals surface area contributed by atoms with Crippen molar-refractivity contribution in [2.75, 3.05) is 14.2 Å². The molecule has 0 radical (unpaired) electrons. The summed E-state index contributed by atoms with van der Waals surface area (Å²) in [4.78, 5) is 19.9. The Morgan fingerprint density at radius 3 is 2.69 bits per heavy atom. The van der Waals surface area contributed by atoms with Crippen LogP contribution in [0.15, 0.2) is 27.7 Å². The van der Waals surface area contributed by atoms with Crippen LogP contribution in [0.1, 0.15) is 28.8 Å². The summed E-state index contributed by atoms with van der Waals surface area (Å²) >= 11 is 5.24. The highest BCUT2D eigenvalue weighted by Gasteiger charge is 2.20. The van der Waals surface area contributed by atoms with Gasteiger partial charge in [0.15, 0.2) is 11.5 Å². The third-order valence-corrected chi connectivity index (χ3v) is 6.77. The molecule has 0 unspecified atom stereocenters. The van der Waals surface area contributed by atoms with Crippen molar-refractivity contribution in [3.8, 4) is 11.5 Å². The molecular formula is C19H19BrN2O3S. The molecule has 1 aliphatic carbocycles. The molecule has 136 valence electrons. The SMILES string of the molecule is COc1cc(Br)c(Cn2cnc3sc4c(c3c2=O)CCCC4)cc1OC. The monoisotopic (exact) mass is 434 g/mol. The summed E-state index contributed by atoms with van der Waals surface area (Å²) in [5.41, 5.74) is 2.19. The fourth-order valence-corrected chi connectivity index (χ4v) is 5.16. The molecule has 26 heavy (non-hydrogen) atoms. The van der Waals surface area contributed by atoms with E-state index in [1.54, 1.807) is 36.5 Å². The number of methoxy groups -OCH3 is 2. The lowest BCUT2D eigenvalue weighted by atomic mass is 9.97. The maximum absolute atomic E-state index is 13.1. The average Bonchev–Trinajstić information content (AvgIpc) is 3.04. The van der Waals surface area contributed by atoms with E-state index >= 15 is 0 Å². The van der Waals surface area contributed by atoms with Gasteiger partial charge in [-0.1, -0.05) is 15.9 Å². The van der Waals surface area contributed by atoms with Crippen LogP contribution in [0.2, 0.25) is 0 Å². The first-order valence-electron chi connectivity index (χ1n) is 8.52. The van der Waals surface area contributed by atoms with Gasteiger partial charge in [-0.05, 0) is 48.9 Å². The summed E-state index contributed by atoms with van der Waals surface area (Å²) in [5, 5.41) is 0.809.